The molecule has 0 saturated carbocycles. The molecule has 0 amide bonds. The van der Waals surface area contributed by atoms with Crippen LogP contribution in [0.1, 0.15) is 17.0 Å². The van der Waals surface area contributed by atoms with Crippen molar-refractivity contribution in [1.29, 1.82) is 0 Å². The Morgan fingerprint density at radius 2 is 2.25 bits per heavy atom. The van der Waals surface area contributed by atoms with E-state index in [-0.39, 0.29) is 0 Å². The SMILES string of the molecule is C=C/C=C(\C=C)c1ccc2c(n1)CCNC2. The van der Waals surface area contributed by atoms with Gasteiger partial charge in [0.15, 0.2) is 0 Å². The Morgan fingerprint density at radius 1 is 1.38 bits per heavy atom. The van der Waals surface area contributed by atoms with Gasteiger partial charge < -0.3 is 5.32 Å². The summed E-state index contributed by atoms with van der Waals surface area (Å²) in [5.41, 5.74) is 4.51. The van der Waals surface area contributed by atoms with E-state index < -0.39 is 0 Å². The third-order valence-corrected chi connectivity index (χ3v) is 2.74. The molecule has 1 aliphatic heterocycles. The van der Waals surface area contributed by atoms with Gasteiger partial charge in [0, 0.05) is 25.2 Å². The molecule has 82 valence electrons. The average molecular weight is 212 g/mol. The van der Waals surface area contributed by atoms with Gasteiger partial charge in [-0.2, -0.15) is 0 Å². The van der Waals surface area contributed by atoms with Gasteiger partial charge in [0.25, 0.3) is 0 Å². The van der Waals surface area contributed by atoms with E-state index in [0.29, 0.717) is 0 Å². The molecule has 16 heavy (non-hydrogen) atoms. The lowest BCUT2D eigenvalue weighted by Crippen LogP contribution is -2.24. The van der Waals surface area contributed by atoms with Crippen LogP contribution in [0.5, 0.6) is 0 Å². The Morgan fingerprint density at radius 3 is 3.00 bits per heavy atom. The number of fused-ring (bicyclic) bond motifs is 1. The first-order chi connectivity index (χ1) is 7.85. The summed E-state index contributed by atoms with van der Waals surface area (Å²) in [5, 5.41) is 3.34. The fourth-order valence-electron chi connectivity index (χ4n) is 1.88. The summed E-state index contributed by atoms with van der Waals surface area (Å²) < 4.78 is 0. The first-order valence-electron chi connectivity index (χ1n) is 5.50. The molecule has 2 heterocycles. The molecule has 0 unspecified atom stereocenters. The molecular formula is C14H16N2. The van der Waals surface area contributed by atoms with Gasteiger partial charge >= 0.3 is 0 Å². The molecule has 0 aliphatic carbocycles. The van der Waals surface area contributed by atoms with Crippen molar-refractivity contribution in [2.45, 2.75) is 13.0 Å². The zero-order valence-electron chi connectivity index (χ0n) is 9.37. The molecule has 1 aliphatic rings. The van der Waals surface area contributed by atoms with E-state index in [9.17, 15) is 0 Å². The summed E-state index contributed by atoms with van der Waals surface area (Å²) in [5.74, 6) is 0. The van der Waals surface area contributed by atoms with Gasteiger partial charge in [0.2, 0.25) is 0 Å². The van der Waals surface area contributed by atoms with Crippen molar-refractivity contribution in [3.8, 4) is 0 Å². The van der Waals surface area contributed by atoms with E-state index in [4.69, 9.17) is 0 Å². The Kier molecular flexibility index (Phi) is 3.32. The summed E-state index contributed by atoms with van der Waals surface area (Å²) in [6.07, 6.45) is 6.52. The van der Waals surface area contributed by atoms with E-state index >= 15 is 0 Å². The molecule has 2 nitrogen and oxygen atoms in total. The number of hydrogen-bond acceptors (Lipinski definition) is 2. The highest BCUT2D eigenvalue weighted by atomic mass is 14.9. The highest BCUT2D eigenvalue weighted by molar-refractivity contribution is 5.72. The van der Waals surface area contributed by atoms with Crippen LogP contribution in [0.15, 0.2) is 43.5 Å². The average Bonchev–Trinajstić information content (AvgIpc) is 2.35. The fraction of sp³-hybridized carbons (Fsp3) is 0.214. The molecule has 0 spiro atoms. The maximum absolute atomic E-state index is 4.68. The van der Waals surface area contributed by atoms with Gasteiger partial charge in [-0.1, -0.05) is 37.5 Å². The van der Waals surface area contributed by atoms with Gasteiger partial charge in [0.1, 0.15) is 0 Å². The molecule has 0 atom stereocenters. The lowest BCUT2D eigenvalue weighted by molar-refractivity contribution is 0.629. The van der Waals surface area contributed by atoms with Crippen molar-refractivity contribution in [2.24, 2.45) is 0 Å². The van der Waals surface area contributed by atoms with Crippen LogP contribution >= 0.6 is 0 Å². The second-order valence-corrected chi connectivity index (χ2v) is 3.79. The maximum atomic E-state index is 4.68. The molecule has 0 radical (unpaired) electrons. The number of hydrogen-bond donors (Lipinski definition) is 1. The monoisotopic (exact) mass is 212 g/mol. The highest BCUT2D eigenvalue weighted by Gasteiger charge is 2.10. The molecule has 1 aromatic rings. The van der Waals surface area contributed by atoms with Crippen molar-refractivity contribution in [2.75, 3.05) is 6.54 Å². The number of aromatic nitrogens is 1. The van der Waals surface area contributed by atoms with Crippen molar-refractivity contribution < 1.29 is 0 Å². The lowest BCUT2D eigenvalue weighted by atomic mass is 10.0. The third kappa shape index (κ3) is 2.12. The van der Waals surface area contributed by atoms with Crippen LogP contribution in [0.25, 0.3) is 5.57 Å². The first-order valence-corrected chi connectivity index (χ1v) is 5.50. The first kappa shape index (κ1) is 10.8. The molecule has 0 saturated heterocycles. The van der Waals surface area contributed by atoms with Crippen molar-refractivity contribution >= 4 is 5.57 Å². The zero-order chi connectivity index (χ0) is 11.4. The number of pyridine rings is 1. The number of nitrogens with zero attached hydrogens (tertiary/aromatic N) is 1. The molecule has 1 aromatic heterocycles. The number of nitrogens with one attached hydrogen (secondary N) is 1. The summed E-state index contributed by atoms with van der Waals surface area (Å²) in [6, 6.07) is 4.19. The topological polar surface area (TPSA) is 24.9 Å². The van der Waals surface area contributed by atoms with Crippen LogP contribution in [0.4, 0.5) is 0 Å². The standard InChI is InChI=1S/C14H16N2/c1-3-5-11(4-2)13-7-6-12-10-15-9-8-14(12)16-13/h3-7,15H,1-2,8-10H2/b11-5+. The maximum Gasteiger partial charge on any atom is 0.0705 e. The summed E-state index contributed by atoms with van der Waals surface area (Å²) in [7, 11) is 0. The quantitative estimate of drug-likeness (QED) is 0.779. The van der Waals surface area contributed by atoms with Gasteiger partial charge in [-0.05, 0) is 17.2 Å². The van der Waals surface area contributed by atoms with Crippen molar-refractivity contribution in [3.63, 3.8) is 0 Å². The van der Waals surface area contributed by atoms with E-state index in [1.807, 2.05) is 18.2 Å². The molecule has 1 N–H and O–H groups in total. The van der Waals surface area contributed by atoms with Crippen LogP contribution in [0, 0.1) is 0 Å². The van der Waals surface area contributed by atoms with Crippen LogP contribution < -0.4 is 5.32 Å². The van der Waals surface area contributed by atoms with Crippen LogP contribution in [-0.4, -0.2) is 11.5 Å². The Balaban J connectivity index is 2.39. The van der Waals surface area contributed by atoms with Gasteiger partial charge in [0.05, 0.1) is 5.69 Å². The predicted octanol–water partition coefficient (Wildman–Crippen LogP) is 2.48. The minimum atomic E-state index is 0.928. The van der Waals surface area contributed by atoms with E-state index in [1.54, 1.807) is 6.08 Å². The summed E-state index contributed by atoms with van der Waals surface area (Å²) in [4.78, 5) is 4.68. The van der Waals surface area contributed by atoms with Crippen LogP contribution in [0.2, 0.25) is 0 Å². The molecule has 0 bridgehead atoms. The normalized spacial score (nSPS) is 15.4. The number of rotatable bonds is 3. The lowest BCUT2D eigenvalue weighted by Gasteiger charge is -2.16. The van der Waals surface area contributed by atoms with Gasteiger partial charge in [-0.15, -0.1) is 0 Å². The molecule has 0 aromatic carbocycles. The molecule has 0 fully saturated rings. The van der Waals surface area contributed by atoms with Crippen molar-refractivity contribution in [3.05, 3.63) is 60.5 Å². The molecule has 2 rings (SSSR count). The smallest absolute Gasteiger partial charge is 0.0705 e. The molecule has 2 heteroatoms. The number of allylic oxidation sites excluding steroid dienone is 4. The second kappa shape index (κ2) is 4.90. The van der Waals surface area contributed by atoms with E-state index in [1.165, 1.54) is 11.3 Å². The summed E-state index contributed by atoms with van der Waals surface area (Å²) in [6.45, 7) is 9.44. The fourth-order valence-corrected chi connectivity index (χ4v) is 1.88. The van der Waals surface area contributed by atoms with Gasteiger partial charge in [-0.3, -0.25) is 4.98 Å². The van der Waals surface area contributed by atoms with Crippen molar-refractivity contribution in [1.82, 2.24) is 10.3 Å². The Labute approximate surface area is 96.4 Å². The van der Waals surface area contributed by atoms with Gasteiger partial charge in [-0.25, -0.2) is 0 Å². The minimum absolute atomic E-state index is 0.928. The van der Waals surface area contributed by atoms with Crippen LogP contribution in [-0.2, 0) is 13.0 Å². The largest absolute Gasteiger partial charge is 0.312 e. The van der Waals surface area contributed by atoms with E-state index in [2.05, 4.69) is 29.5 Å². The van der Waals surface area contributed by atoms with Crippen LogP contribution in [0.3, 0.4) is 0 Å². The molecular weight excluding hydrogens is 196 g/mol. The van der Waals surface area contributed by atoms with E-state index in [0.717, 1.165) is 30.8 Å². The minimum Gasteiger partial charge on any atom is -0.312 e. The Hall–Kier alpha value is -1.67. The zero-order valence-corrected chi connectivity index (χ0v) is 9.37. The predicted molar refractivity (Wildman–Crippen MR) is 68.0 cm³/mol. The third-order valence-electron chi connectivity index (χ3n) is 2.74. The summed E-state index contributed by atoms with van der Waals surface area (Å²) >= 11 is 0. The Bertz CT molecular complexity index is 444. The highest BCUT2D eigenvalue weighted by Crippen LogP contribution is 2.18. The second-order valence-electron chi connectivity index (χ2n) is 3.79.